The van der Waals surface area contributed by atoms with E-state index in [1.165, 1.54) is 0 Å². The summed E-state index contributed by atoms with van der Waals surface area (Å²) in [6.07, 6.45) is 0. The molecule has 0 spiro atoms. The van der Waals surface area contributed by atoms with Gasteiger partial charge in [0.2, 0.25) is 0 Å². The van der Waals surface area contributed by atoms with Gasteiger partial charge in [0, 0.05) is 4.88 Å². The molecule has 92 valence electrons. The highest BCUT2D eigenvalue weighted by Gasteiger charge is 2.37. The Balaban J connectivity index is 2.65. The second-order valence-electron chi connectivity index (χ2n) is 5.58. The van der Waals surface area contributed by atoms with Crippen molar-refractivity contribution in [1.29, 1.82) is 0 Å². The van der Waals surface area contributed by atoms with E-state index in [1.807, 2.05) is 11.4 Å². The second-order valence-corrected chi connectivity index (χ2v) is 11.4. The molecule has 0 amide bonds. The zero-order valence-electron chi connectivity index (χ0n) is 10.8. The smallest absolute Gasteiger partial charge is 0.192 e. The van der Waals surface area contributed by atoms with Crippen LogP contribution in [0.4, 0.5) is 0 Å². The number of aliphatic hydroxyl groups is 1. The van der Waals surface area contributed by atoms with Crippen molar-refractivity contribution in [2.45, 2.75) is 52.1 Å². The summed E-state index contributed by atoms with van der Waals surface area (Å²) in [4.78, 5) is 1.03. The molecule has 1 aromatic heterocycles. The third kappa shape index (κ3) is 3.17. The Labute approximate surface area is 103 Å². The van der Waals surface area contributed by atoms with Crippen LogP contribution in [0.5, 0.6) is 0 Å². The highest BCUT2D eigenvalue weighted by Crippen LogP contribution is 2.37. The van der Waals surface area contributed by atoms with E-state index in [2.05, 4.69) is 33.9 Å². The second kappa shape index (κ2) is 5.00. The van der Waals surface area contributed by atoms with Gasteiger partial charge in [-0.15, -0.1) is 11.3 Å². The van der Waals surface area contributed by atoms with Gasteiger partial charge in [-0.2, -0.15) is 0 Å². The predicted molar refractivity (Wildman–Crippen MR) is 72.2 cm³/mol. The van der Waals surface area contributed by atoms with Crippen molar-refractivity contribution in [1.82, 2.24) is 0 Å². The van der Waals surface area contributed by atoms with Gasteiger partial charge in [0.1, 0.15) is 0 Å². The zero-order chi connectivity index (χ0) is 12.4. The van der Waals surface area contributed by atoms with Gasteiger partial charge < -0.3 is 9.53 Å². The quantitative estimate of drug-likeness (QED) is 0.833. The highest BCUT2D eigenvalue weighted by molar-refractivity contribution is 7.10. The van der Waals surface area contributed by atoms with Crippen molar-refractivity contribution in [3.63, 3.8) is 0 Å². The molecule has 1 heterocycles. The van der Waals surface area contributed by atoms with Crippen LogP contribution in [0, 0.1) is 0 Å². The average molecular weight is 258 g/mol. The van der Waals surface area contributed by atoms with Crippen molar-refractivity contribution in [2.75, 3.05) is 0 Å². The fourth-order valence-corrected chi connectivity index (χ4v) is 2.81. The summed E-state index contributed by atoms with van der Waals surface area (Å²) in [6.45, 7) is 12.0. The SMILES string of the molecule is CC(C)(C)[Si](C)(C)OCc1ccsc1CO. The molecule has 0 aliphatic carbocycles. The van der Waals surface area contributed by atoms with Crippen LogP contribution < -0.4 is 0 Å². The van der Waals surface area contributed by atoms with Crippen LogP contribution in [0.25, 0.3) is 0 Å². The van der Waals surface area contributed by atoms with Crippen molar-refractivity contribution in [2.24, 2.45) is 0 Å². The van der Waals surface area contributed by atoms with E-state index in [-0.39, 0.29) is 11.6 Å². The first-order valence-corrected chi connectivity index (χ1v) is 9.37. The molecule has 0 radical (unpaired) electrons. The third-order valence-corrected chi connectivity index (χ3v) is 8.80. The lowest BCUT2D eigenvalue weighted by atomic mass is 10.2. The van der Waals surface area contributed by atoms with E-state index in [4.69, 9.17) is 9.53 Å². The predicted octanol–water partition coefficient (Wildman–Crippen LogP) is 3.76. The lowest BCUT2D eigenvalue weighted by Crippen LogP contribution is -2.40. The zero-order valence-corrected chi connectivity index (χ0v) is 12.6. The number of aliphatic hydroxyl groups excluding tert-OH is 1. The van der Waals surface area contributed by atoms with E-state index in [0.717, 1.165) is 10.4 Å². The summed E-state index contributed by atoms with van der Waals surface area (Å²) in [7, 11) is -1.67. The van der Waals surface area contributed by atoms with Gasteiger partial charge in [-0.3, -0.25) is 0 Å². The van der Waals surface area contributed by atoms with Gasteiger partial charge in [0.15, 0.2) is 8.32 Å². The molecule has 0 bridgehead atoms. The van der Waals surface area contributed by atoms with Gasteiger partial charge >= 0.3 is 0 Å². The highest BCUT2D eigenvalue weighted by atomic mass is 32.1. The maximum absolute atomic E-state index is 9.16. The fourth-order valence-electron chi connectivity index (χ4n) is 1.11. The molecule has 0 aliphatic rings. The maximum atomic E-state index is 9.16. The van der Waals surface area contributed by atoms with Crippen LogP contribution in [0.2, 0.25) is 18.1 Å². The molecule has 16 heavy (non-hydrogen) atoms. The van der Waals surface area contributed by atoms with Gasteiger partial charge in [-0.1, -0.05) is 20.8 Å². The van der Waals surface area contributed by atoms with E-state index in [9.17, 15) is 0 Å². The Hall–Kier alpha value is -0.163. The number of hydrogen-bond acceptors (Lipinski definition) is 3. The molecule has 0 unspecified atom stereocenters. The van der Waals surface area contributed by atoms with Crippen LogP contribution in [0.15, 0.2) is 11.4 Å². The number of hydrogen-bond donors (Lipinski definition) is 1. The number of rotatable bonds is 4. The van der Waals surface area contributed by atoms with Crippen molar-refractivity contribution in [3.05, 3.63) is 21.9 Å². The monoisotopic (exact) mass is 258 g/mol. The molecule has 4 heteroatoms. The van der Waals surface area contributed by atoms with Gasteiger partial charge in [-0.05, 0) is 35.1 Å². The van der Waals surface area contributed by atoms with E-state index >= 15 is 0 Å². The molecule has 2 nitrogen and oxygen atoms in total. The molecule has 0 fully saturated rings. The first kappa shape index (κ1) is 13.9. The van der Waals surface area contributed by atoms with Crippen LogP contribution in [-0.4, -0.2) is 13.4 Å². The Bertz CT molecular complexity index is 339. The van der Waals surface area contributed by atoms with Crippen molar-refractivity contribution >= 4 is 19.7 Å². The first-order valence-electron chi connectivity index (χ1n) is 5.58. The fraction of sp³-hybridized carbons (Fsp3) is 0.667. The minimum Gasteiger partial charge on any atom is -0.413 e. The molecule has 0 saturated carbocycles. The summed E-state index contributed by atoms with van der Waals surface area (Å²) in [5.74, 6) is 0. The standard InChI is InChI=1S/C12H22O2SSi/c1-12(2,3)16(4,5)14-9-10-6-7-15-11(10)8-13/h6-7,13H,8-9H2,1-5H3. The molecular weight excluding hydrogens is 236 g/mol. The summed E-state index contributed by atoms with van der Waals surface area (Å²) in [6, 6.07) is 2.04. The van der Waals surface area contributed by atoms with E-state index in [1.54, 1.807) is 11.3 Å². The van der Waals surface area contributed by atoms with E-state index in [0.29, 0.717) is 6.61 Å². The summed E-state index contributed by atoms with van der Waals surface area (Å²) < 4.78 is 6.12. The summed E-state index contributed by atoms with van der Waals surface area (Å²) in [5.41, 5.74) is 1.14. The lowest BCUT2D eigenvalue weighted by Gasteiger charge is -2.36. The molecule has 1 N–H and O–H groups in total. The minimum absolute atomic E-state index is 0.119. The van der Waals surface area contributed by atoms with Crippen LogP contribution in [0.1, 0.15) is 31.2 Å². The minimum atomic E-state index is -1.67. The largest absolute Gasteiger partial charge is 0.413 e. The Morgan fingerprint density at radius 2 is 2.00 bits per heavy atom. The van der Waals surface area contributed by atoms with Gasteiger partial charge in [-0.25, -0.2) is 0 Å². The molecule has 0 saturated heterocycles. The molecule has 0 aliphatic heterocycles. The van der Waals surface area contributed by atoms with E-state index < -0.39 is 8.32 Å². The van der Waals surface area contributed by atoms with Gasteiger partial charge in [0.05, 0.1) is 13.2 Å². The third-order valence-electron chi connectivity index (χ3n) is 3.38. The Morgan fingerprint density at radius 1 is 1.38 bits per heavy atom. The Kier molecular flexibility index (Phi) is 4.34. The lowest BCUT2D eigenvalue weighted by molar-refractivity contribution is 0.261. The normalized spacial score (nSPS) is 13.1. The van der Waals surface area contributed by atoms with Crippen LogP contribution in [0.3, 0.4) is 0 Å². The first-order chi connectivity index (χ1) is 7.28. The van der Waals surface area contributed by atoms with Gasteiger partial charge in [0.25, 0.3) is 0 Å². The van der Waals surface area contributed by atoms with Crippen molar-refractivity contribution in [3.8, 4) is 0 Å². The van der Waals surface area contributed by atoms with Crippen LogP contribution in [-0.2, 0) is 17.6 Å². The number of thiophene rings is 1. The summed E-state index contributed by atoms with van der Waals surface area (Å²) in [5, 5.41) is 11.4. The summed E-state index contributed by atoms with van der Waals surface area (Å²) >= 11 is 1.59. The molecule has 0 atom stereocenters. The van der Waals surface area contributed by atoms with Crippen LogP contribution >= 0.6 is 11.3 Å². The Morgan fingerprint density at radius 3 is 2.50 bits per heavy atom. The van der Waals surface area contributed by atoms with Crippen molar-refractivity contribution < 1.29 is 9.53 Å². The molecule has 1 aromatic rings. The topological polar surface area (TPSA) is 29.5 Å². The molecular formula is C12H22O2SSi. The molecule has 1 rings (SSSR count). The average Bonchev–Trinajstić information content (AvgIpc) is 2.60. The molecule has 0 aromatic carbocycles. The maximum Gasteiger partial charge on any atom is 0.192 e.